The third-order valence-electron chi connectivity index (χ3n) is 4.06. The van der Waals surface area contributed by atoms with E-state index in [1.807, 2.05) is 38.1 Å². The summed E-state index contributed by atoms with van der Waals surface area (Å²) in [6.45, 7) is 5.81. The Morgan fingerprint density at radius 1 is 1.15 bits per heavy atom. The van der Waals surface area contributed by atoms with Gasteiger partial charge in [-0.3, -0.25) is 9.59 Å². The molecule has 6 heteroatoms. The fraction of sp³-hybridized carbons (Fsp3) is 0.333. The van der Waals surface area contributed by atoms with E-state index in [4.69, 9.17) is 9.47 Å². The van der Waals surface area contributed by atoms with E-state index in [1.165, 1.54) is 12.0 Å². The molecular weight excluding hydrogens is 344 g/mol. The van der Waals surface area contributed by atoms with Crippen molar-refractivity contribution in [2.45, 2.75) is 26.9 Å². The van der Waals surface area contributed by atoms with Gasteiger partial charge < -0.3 is 19.7 Å². The van der Waals surface area contributed by atoms with E-state index in [0.717, 1.165) is 5.56 Å². The van der Waals surface area contributed by atoms with Crippen LogP contribution in [0.3, 0.4) is 0 Å². The molecule has 144 valence electrons. The Morgan fingerprint density at radius 3 is 2.56 bits per heavy atom. The molecule has 0 heterocycles. The molecule has 0 unspecified atom stereocenters. The molecule has 2 rings (SSSR count). The maximum atomic E-state index is 12.7. The van der Waals surface area contributed by atoms with E-state index < -0.39 is 6.10 Å². The van der Waals surface area contributed by atoms with Crippen LogP contribution in [0.1, 0.15) is 19.4 Å². The minimum Gasteiger partial charge on any atom is -0.495 e. The SMILES string of the molecule is CCN(CC(=O)Nc1ccccc1OC)C(=O)[C@@H](C)Oc1cccc(C)c1. The molecule has 0 bridgehead atoms. The van der Waals surface area contributed by atoms with Gasteiger partial charge in [0, 0.05) is 6.54 Å². The summed E-state index contributed by atoms with van der Waals surface area (Å²) in [6, 6.07) is 14.6. The van der Waals surface area contributed by atoms with Crippen molar-refractivity contribution in [1.82, 2.24) is 4.90 Å². The molecule has 2 aromatic rings. The molecule has 0 aliphatic rings. The van der Waals surface area contributed by atoms with Crippen LogP contribution in [0.4, 0.5) is 5.69 Å². The molecule has 0 fully saturated rings. The van der Waals surface area contributed by atoms with Crippen molar-refractivity contribution in [1.29, 1.82) is 0 Å². The highest BCUT2D eigenvalue weighted by Gasteiger charge is 2.23. The zero-order valence-corrected chi connectivity index (χ0v) is 16.2. The van der Waals surface area contributed by atoms with Crippen molar-refractivity contribution >= 4 is 17.5 Å². The first kappa shape index (κ1) is 20.3. The van der Waals surface area contributed by atoms with Gasteiger partial charge in [-0.1, -0.05) is 24.3 Å². The lowest BCUT2D eigenvalue weighted by molar-refractivity contribution is -0.140. The number of amides is 2. The molecule has 0 aromatic heterocycles. The number of nitrogens with zero attached hydrogens (tertiary/aromatic N) is 1. The van der Waals surface area contributed by atoms with Gasteiger partial charge in [0.15, 0.2) is 6.10 Å². The number of methoxy groups -OCH3 is 1. The minimum absolute atomic E-state index is 0.0606. The smallest absolute Gasteiger partial charge is 0.263 e. The van der Waals surface area contributed by atoms with Gasteiger partial charge in [0.1, 0.15) is 11.5 Å². The monoisotopic (exact) mass is 370 g/mol. The van der Waals surface area contributed by atoms with Crippen LogP contribution >= 0.6 is 0 Å². The molecule has 27 heavy (non-hydrogen) atoms. The first-order valence-electron chi connectivity index (χ1n) is 8.89. The normalized spacial score (nSPS) is 11.4. The average molecular weight is 370 g/mol. The highest BCUT2D eigenvalue weighted by molar-refractivity contribution is 5.96. The number of carbonyl (C=O) groups is 2. The standard InChI is InChI=1S/C21H26N2O4/c1-5-23(14-20(24)22-18-11-6-7-12-19(18)26-4)21(25)16(3)27-17-10-8-9-15(2)13-17/h6-13,16H,5,14H2,1-4H3,(H,22,24)/t16-/m1/s1. The van der Waals surface area contributed by atoms with Crippen LogP contribution in [0.5, 0.6) is 11.5 Å². The van der Waals surface area contributed by atoms with E-state index in [0.29, 0.717) is 23.7 Å². The Balaban J connectivity index is 1.98. The fourth-order valence-electron chi connectivity index (χ4n) is 2.66. The first-order chi connectivity index (χ1) is 12.9. The summed E-state index contributed by atoms with van der Waals surface area (Å²) < 4.78 is 11.0. The number of hydrogen-bond donors (Lipinski definition) is 1. The number of anilines is 1. The molecule has 0 aliphatic heterocycles. The topological polar surface area (TPSA) is 67.9 Å². The summed E-state index contributed by atoms with van der Waals surface area (Å²) in [5.41, 5.74) is 1.62. The van der Waals surface area contributed by atoms with Gasteiger partial charge in [0.2, 0.25) is 5.91 Å². The summed E-state index contributed by atoms with van der Waals surface area (Å²) in [4.78, 5) is 26.5. The quantitative estimate of drug-likeness (QED) is 0.774. The Labute approximate surface area is 160 Å². The van der Waals surface area contributed by atoms with Crippen LogP contribution in [0.25, 0.3) is 0 Å². The number of carbonyl (C=O) groups excluding carboxylic acids is 2. The fourth-order valence-corrected chi connectivity index (χ4v) is 2.66. The Bertz CT molecular complexity index is 791. The Kier molecular flexibility index (Phi) is 7.23. The lowest BCUT2D eigenvalue weighted by atomic mass is 10.2. The van der Waals surface area contributed by atoms with Crippen molar-refractivity contribution < 1.29 is 19.1 Å². The molecule has 0 aliphatic carbocycles. The number of likely N-dealkylation sites (N-methyl/N-ethyl adjacent to an activating group) is 1. The second-order valence-electron chi connectivity index (χ2n) is 6.18. The Hall–Kier alpha value is -3.02. The summed E-state index contributed by atoms with van der Waals surface area (Å²) in [5.74, 6) is 0.661. The number of benzene rings is 2. The second-order valence-corrected chi connectivity index (χ2v) is 6.18. The van der Waals surface area contributed by atoms with Crippen LogP contribution in [-0.2, 0) is 9.59 Å². The molecule has 0 saturated carbocycles. The maximum Gasteiger partial charge on any atom is 0.263 e. The van der Waals surface area contributed by atoms with Gasteiger partial charge in [0.25, 0.3) is 5.91 Å². The lowest BCUT2D eigenvalue weighted by Crippen LogP contribution is -2.44. The van der Waals surface area contributed by atoms with Crippen LogP contribution in [0.15, 0.2) is 48.5 Å². The molecule has 6 nitrogen and oxygen atoms in total. The summed E-state index contributed by atoms with van der Waals surface area (Å²) in [5, 5.41) is 2.78. The zero-order valence-electron chi connectivity index (χ0n) is 16.2. The molecule has 2 amide bonds. The van der Waals surface area contributed by atoms with Crippen LogP contribution in [0, 0.1) is 6.92 Å². The third kappa shape index (κ3) is 5.74. The third-order valence-corrected chi connectivity index (χ3v) is 4.06. The van der Waals surface area contributed by atoms with Gasteiger partial charge in [-0.25, -0.2) is 0 Å². The molecule has 1 atom stereocenters. The van der Waals surface area contributed by atoms with Gasteiger partial charge in [-0.15, -0.1) is 0 Å². The molecule has 0 radical (unpaired) electrons. The zero-order chi connectivity index (χ0) is 19.8. The van der Waals surface area contributed by atoms with Gasteiger partial charge in [0.05, 0.1) is 19.3 Å². The molecule has 2 aromatic carbocycles. The lowest BCUT2D eigenvalue weighted by Gasteiger charge is -2.24. The van der Waals surface area contributed by atoms with E-state index in [1.54, 1.807) is 31.2 Å². The number of rotatable bonds is 8. The number of hydrogen-bond acceptors (Lipinski definition) is 4. The minimum atomic E-state index is -0.689. The highest BCUT2D eigenvalue weighted by Crippen LogP contribution is 2.23. The van der Waals surface area contributed by atoms with Crippen LogP contribution in [-0.4, -0.2) is 43.0 Å². The molecule has 1 N–H and O–H groups in total. The van der Waals surface area contributed by atoms with Crippen LogP contribution < -0.4 is 14.8 Å². The number of para-hydroxylation sites is 2. The van der Waals surface area contributed by atoms with Gasteiger partial charge in [-0.05, 0) is 50.6 Å². The highest BCUT2D eigenvalue weighted by atomic mass is 16.5. The largest absolute Gasteiger partial charge is 0.495 e. The van der Waals surface area contributed by atoms with Gasteiger partial charge in [-0.2, -0.15) is 0 Å². The second kappa shape index (κ2) is 9.62. The predicted molar refractivity (Wildman–Crippen MR) is 105 cm³/mol. The first-order valence-corrected chi connectivity index (χ1v) is 8.89. The molecule has 0 saturated heterocycles. The van der Waals surface area contributed by atoms with Gasteiger partial charge >= 0.3 is 0 Å². The summed E-state index contributed by atoms with van der Waals surface area (Å²) in [7, 11) is 1.54. The van der Waals surface area contributed by atoms with Crippen molar-refractivity contribution in [2.24, 2.45) is 0 Å². The van der Waals surface area contributed by atoms with Crippen molar-refractivity contribution in [3.8, 4) is 11.5 Å². The summed E-state index contributed by atoms with van der Waals surface area (Å²) in [6.07, 6.45) is -0.689. The maximum absolute atomic E-state index is 12.7. The number of ether oxygens (including phenoxy) is 2. The molecular formula is C21H26N2O4. The van der Waals surface area contributed by atoms with E-state index in [9.17, 15) is 9.59 Å². The average Bonchev–Trinajstić information content (AvgIpc) is 2.66. The predicted octanol–water partition coefficient (Wildman–Crippen LogP) is 3.26. The molecule has 0 spiro atoms. The van der Waals surface area contributed by atoms with Crippen LogP contribution in [0.2, 0.25) is 0 Å². The van der Waals surface area contributed by atoms with Crippen molar-refractivity contribution in [3.63, 3.8) is 0 Å². The summed E-state index contributed by atoms with van der Waals surface area (Å²) >= 11 is 0. The van der Waals surface area contributed by atoms with E-state index in [2.05, 4.69) is 5.32 Å². The number of nitrogens with one attached hydrogen (secondary N) is 1. The van der Waals surface area contributed by atoms with Crippen molar-refractivity contribution in [2.75, 3.05) is 25.5 Å². The van der Waals surface area contributed by atoms with E-state index >= 15 is 0 Å². The van der Waals surface area contributed by atoms with Crippen molar-refractivity contribution in [3.05, 3.63) is 54.1 Å². The Morgan fingerprint density at radius 2 is 1.89 bits per heavy atom. The van der Waals surface area contributed by atoms with E-state index in [-0.39, 0.29) is 18.4 Å². The number of aryl methyl sites for hydroxylation is 1.